The number of rotatable bonds is 2. The van der Waals surface area contributed by atoms with Gasteiger partial charge in [0, 0.05) is 54.4 Å². The van der Waals surface area contributed by atoms with Crippen molar-refractivity contribution in [3.63, 3.8) is 0 Å². The van der Waals surface area contributed by atoms with E-state index in [1.165, 1.54) is 5.56 Å². The second-order valence-corrected chi connectivity index (χ2v) is 6.54. The molecule has 0 aliphatic carbocycles. The SMILES string of the molecule is Cc1ccc(-c2cnc3c(c2)CN(c2nnc(C#N)cc2C)CC3)cn1. The summed E-state index contributed by atoms with van der Waals surface area (Å²) in [7, 11) is 0. The summed E-state index contributed by atoms with van der Waals surface area (Å²) in [4.78, 5) is 11.2. The van der Waals surface area contributed by atoms with Gasteiger partial charge in [0.05, 0.1) is 0 Å². The molecule has 6 nitrogen and oxygen atoms in total. The summed E-state index contributed by atoms with van der Waals surface area (Å²) < 4.78 is 0. The number of fused-ring (bicyclic) bond motifs is 1. The van der Waals surface area contributed by atoms with Crippen LogP contribution in [-0.4, -0.2) is 26.7 Å². The molecule has 0 bridgehead atoms. The van der Waals surface area contributed by atoms with Crippen molar-refractivity contribution in [2.75, 3.05) is 11.4 Å². The van der Waals surface area contributed by atoms with Crippen LogP contribution in [0.4, 0.5) is 5.82 Å². The number of nitriles is 1. The Bertz CT molecular complexity index is 1000. The molecule has 0 atom stereocenters. The Hall–Kier alpha value is -3.33. The molecule has 0 aromatic carbocycles. The second kappa shape index (κ2) is 6.52. The highest BCUT2D eigenvalue weighted by atomic mass is 15.3. The van der Waals surface area contributed by atoms with Gasteiger partial charge in [-0.1, -0.05) is 6.07 Å². The van der Waals surface area contributed by atoms with E-state index in [4.69, 9.17) is 5.26 Å². The van der Waals surface area contributed by atoms with E-state index in [0.717, 1.165) is 53.4 Å². The van der Waals surface area contributed by atoms with Crippen molar-refractivity contribution in [3.8, 4) is 17.2 Å². The Labute approximate surface area is 152 Å². The van der Waals surface area contributed by atoms with Gasteiger partial charge in [0.15, 0.2) is 11.5 Å². The molecule has 3 aromatic heterocycles. The van der Waals surface area contributed by atoms with Gasteiger partial charge in [-0.2, -0.15) is 5.26 Å². The maximum atomic E-state index is 8.97. The lowest BCUT2D eigenvalue weighted by molar-refractivity contribution is 0.693. The van der Waals surface area contributed by atoms with Gasteiger partial charge < -0.3 is 4.90 Å². The Morgan fingerprint density at radius 2 is 1.88 bits per heavy atom. The molecule has 4 heterocycles. The average Bonchev–Trinajstić information content (AvgIpc) is 2.67. The van der Waals surface area contributed by atoms with E-state index >= 15 is 0 Å². The van der Waals surface area contributed by atoms with E-state index in [1.807, 2.05) is 38.4 Å². The zero-order valence-corrected chi connectivity index (χ0v) is 14.8. The van der Waals surface area contributed by atoms with Crippen LogP contribution in [0.3, 0.4) is 0 Å². The lowest BCUT2D eigenvalue weighted by atomic mass is 10.0. The number of anilines is 1. The van der Waals surface area contributed by atoms with Gasteiger partial charge in [-0.05, 0) is 43.2 Å². The fourth-order valence-corrected chi connectivity index (χ4v) is 3.25. The molecule has 0 N–H and O–H groups in total. The van der Waals surface area contributed by atoms with Gasteiger partial charge >= 0.3 is 0 Å². The summed E-state index contributed by atoms with van der Waals surface area (Å²) in [6, 6.07) is 10.1. The maximum Gasteiger partial charge on any atom is 0.163 e. The van der Waals surface area contributed by atoms with Crippen LogP contribution in [0, 0.1) is 25.2 Å². The number of hydrogen-bond acceptors (Lipinski definition) is 6. The zero-order chi connectivity index (χ0) is 18.1. The first-order valence-corrected chi connectivity index (χ1v) is 8.54. The normalized spacial score (nSPS) is 13.2. The van der Waals surface area contributed by atoms with Crippen LogP contribution in [0.2, 0.25) is 0 Å². The standard InChI is InChI=1S/C20H18N6/c1-13-7-18(9-21)24-25-20(13)26-6-5-19-17(12-26)8-16(11-23-19)15-4-3-14(2)22-10-15/h3-4,7-8,10-11H,5-6,12H2,1-2H3. The molecule has 0 amide bonds. The Morgan fingerprint density at radius 1 is 1.04 bits per heavy atom. The van der Waals surface area contributed by atoms with Crippen molar-refractivity contribution < 1.29 is 0 Å². The van der Waals surface area contributed by atoms with Gasteiger partial charge in [-0.3, -0.25) is 9.97 Å². The lowest BCUT2D eigenvalue weighted by Crippen LogP contribution is -2.32. The predicted octanol–water partition coefficient (Wildman–Crippen LogP) is 2.98. The van der Waals surface area contributed by atoms with Crippen LogP contribution in [0.15, 0.2) is 36.7 Å². The van der Waals surface area contributed by atoms with Gasteiger partial charge in [-0.25, -0.2) is 0 Å². The summed E-state index contributed by atoms with van der Waals surface area (Å²) in [5.41, 5.74) is 6.77. The summed E-state index contributed by atoms with van der Waals surface area (Å²) in [5.74, 6) is 0.831. The number of pyridine rings is 2. The molecule has 1 aliphatic rings. The molecule has 0 saturated heterocycles. The van der Waals surface area contributed by atoms with E-state index < -0.39 is 0 Å². The minimum absolute atomic E-state index is 0.347. The Morgan fingerprint density at radius 3 is 2.62 bits per heavy atom. The molecule has 0 spiro atoms. The minimum Gasteiger partial charge on any atom is -0.350 e. The quantitative estimate of drug-likeness (QED) is 0.712. The van der Waals surface area contributed by atoms with E-state index in [9.17, 15) is 0 Å². The number of aryl methyl sites for hydroxylation is 2. The first-order chi connectivity index (χ1) is 12.6. The fourth-order valence-electron chi connectivity index (χ4n) is 3.25. The largest absolute Gasteiger partial charge is 0.350 e. The van der Waals surface area contributed by atoms with Crippen LogP contribution < -0.4 is 4.90 Å². The summed E-state index contributed by atoms with van der Waals surface area (Å²) >= 11 is 0. The smallest absolute Gasteiger partial charge is 0.163 e. The van der Waals surface area contributed by atoms with Crippen LogP contribution in [-0.2, 0) is 13.0 Å². The number of hydrogen-bond donors (Lipinski definition) is 0. The van der Waals surface area contributed by atoms with E-state index in [-0.39, 0.29) is 0 Å². The summed E-state index contributed by atoms with van der Waals surface area (Å²) in [6.07, 6.45) is 4.67. The summed E-state index contributed by atoms with van der Waals surface area (Å²) in [5, 5.41) is 17.2. The van der Waals surface area contributed by atoms with Crippen LogP contribution in [0.5, 0.6) is 0 Å². The highest BCUT2D eigenvalue weighted by Gasteiger charge is 2.21. The van der Waals surface area contributed by atoms with Crippen molar-refractivity contribution in [3.05, 3.63) is 64.9 Å². The third-order valence-corrected chi connectivity index (χ3v) is 4.66. The average molecular weight is 342 g/mol. The lowest BCUT2D eigenvalue weighted by Gasteiger charge is -2.30. The molecule has 0 unspecified atom stereocenters. The molecule has 128 valence electrons. The van der Waals surface area contributed by atoms with Gasteiger partial charge in [0.25, 0.3) is 0 Å². The van der Waals surface area contributed by atoms with Gasteiger partial charge in [-0.15, -0.1) is 10.2 Å². The van der Waals surface area contributed by atoms with Crippen molar-refractivity contribution in [2.45, 2.75) is 26.8 Å². The van der Waals surface area contributed by atoms with Gasteiger partial charge in [0.2, 0.25) is 0 Å². The predicted molar refractivity (Wildman–Crippen MR) is 98.4 cm³/mol. The fraction of sp³-hybridized carbons (Fsp3) is 0.250. The molecule has 6 heteroatoms. The highest BCUT2D eigenvalue weighted by molar-refractivity contribution is 5.63. The monoisotopic (exact) mass is 342 g/mol. The van der Waals surface area contributed by atoms with Crippen molar-refractivity contribution >= 4 is 5.82 Å². The Kier molecular flexibility index (Phi) is 4.05. The third kappa shape index (κ3) is 3.00. The van der Waals surface area contributed by atoms with Gasteiger partial charge in [0.1, 0.15) is 6.07 Å². The molecule has 4 rings (SSSR count). The number of aromatic nitrogens is 4. The Balaban J connectivity index is 1.64. The molecule has 0 radical (unpaired) electrons. The first-order valence-electron chi connectivity index (χ1n) is 8.54. The topological polar surface area (TPSA) is 78.6 Å². The minimum atomic E-state index is 0.347. The summed E-state index contributed by atoms with van der Waals surface area (Å²) in [6.45, 7) is 5.52. The van der Waals surface area contributed by atoms with Crippen molar-refractivity contribution in [1.82, 2.24) is 20.2 Å². The molecule has 1 aliphatic heterocycles. The van der Waals surface area contributed by atoms with E-state index in [0.29, 0.717) is 5.69 Å². The molecule has 26 heavy (non-hydrogen) atoms. The van der Waals surface area contributed by atoms with Crippen LogP contribution >= 0.6 is 0 Å². The second-order valence-electron chi connectivity index (χ2n) is 6.54. The first kappa shape index (κ1) is 16.2. The molecule has 0 saturated carbocycles. The van der Waals surface area contributed by atoms with Crippen LogP contribution in [0.1, 0.15) is 28.2 Å². The molecular formula is C20H18N6. The molecule has 3 aromatic rings. The van der Waals surface area contributed by atoms with Crippen molar-refractivity contribution in [1.29, 1.82) is 5.26 Å². The van der Waals surface area contributed by atoms with E-state index in [2.05, 4.69) is 37.2 Å². The zero-order valence-electron chi connectivity index (χ0n) is 14.8. The van der Waals surface area contributed by atoms with E-state index in [1.54, 1.807) is 6.07 Å². The molecular weight excluding hydrogens is 324 g/mol. The molecule has 0 fully saturated rings. The maximum absolute atomic E-state index is 8.97. The van der Waals surface area contributed by atoms with Crippen LogP contribution in [0.25, 0.3) is 11.1 Å². The third-order valence-electron chi connectivity index (χ3n) is 4.66. The number of nitrogens with zero attached hydrogens (tertiary/aromatic N) is 6. The van der Waals surface area contributed by atoms with Crippen molar-refractivity contribution in [2.24, 2.45) is 0 Å². The highest BCUT2D eigenvalue weighted by Crippen LogP contribution is 2.27.